The third-order valence-electron chi connectivity index (χ3n) is 5.15. The number of ether oxygens (including phenoxy) is 1. The summed E-state index contributed by atoms with van der Waals surface area (Å²) in [6.07, 6.45) is 2.39. The molecule has 0 amide bonds. The Morgan fingerprint density at radius 3 is 2.48 bits per heavy atom. The van der Waals surface area contributed by atoms with E-state index >= 15 is 0 Å². The van der Waals surface area contributed by atoms with Gasteiger partial charge in [-0.25, -0.2) is 4.79 Å². The van der Waals surface area contributed by atoms with Gasteiger partial charge in [-0.1, -0.05) is 30.3 Å². The minimum absolute atomic E-state index is 0.308. The lowest BCUT2D eigenvalue weighted by Crippen LogP contribution is -2.33. The number of rotatable bonds is 4. The summed E-state index contributed by atoms with van der Waals surface area (Å²) in [5.74, 6) is -0.966. The molecule has 1 atom stereocenters. The molecule has 0 radical (unpaired) electrons. The van der Waals surface area contributed by atoms with Crippen LogP contribution in [0.1, 0.15) is 41.2 Å². The lowest BCUT2D eigenvalue weighted by molar-refractivity contribution is -0.314. The summed E-state index contributed by atoms with van der Waals surface area (Å²) in [6.45, 7) is 1.77. The van der Waals surface area contributed by atoms with Crippen LogP contribution < -0.4 is 15.5 Å². The third-order valence-corrected chi connectivity index (χ3v) is 5.15. The van der Waals surface area contributed by atoms with Gasteiger partial charge in [0.25, 0.3) is 0 Å². The third kappa shape index (κ3) is 3.10. The highest BCUT2D eigenvalue weighted by Crippen LogP contribution is 2.34. The van der Waals surface area contributed by atoms with Crippen molar-refractivity contribution in [2.75, 3.05) is 0 Å². The second-order valence-electron chi connectivity index (χ2n) is 6.85. The Labute approximate surface area is 156 Å². The Bertz CT molecular complexity index is 1070. The number of carboxylic acid groups (broad SMARTS) is 1. The lowest BCUT2D eigenvalue weighted by Gasteiger charge is -2.22. The van der Waals surface area contributed by atoms with E-state index in [1.807, 2.05) is 6.07 Å². The molecule has 27 heavy (non-hydrogen) atoms. The largest absolute Gasteiger partial charge is 0.546 e. The number of aliphatic carboxylic acids is 1. The van der Waals surface area contributed by atoms with E-state index in [1.165, 1.54) is 0 Å². The van der Waals surface area contributed by atoms with Crippen LogP contribution >= 0.6 is 0 Å². The number of carboxylic acids is 1. The summed E-state index contributed by atoms with van der Waals surface area (Å²) in [5.41, 5.74) is 3.06. The number of aryl methyl sites for hydroxylation is 2. The van der Waals surface area contributed by atoms with Crippen molar-refractivity contribution in [3.05, 3.63) is 75.1 Å². The van der Waals surface area contributed by atoms with Crippen molar-refractivity contribution in [1.29, 1.82) is 0 Å². The SMILES string of the molecule is Cc1c(O[C@H](C(=O)[O-])c2ccccc2)ccc2c3c(c(=O)oc12)CCCC3. The fraction of sp³-hybridized carbons (Fsp3) is 0.273. The molecule has 0 aliphatic heterocycles. The molecule has 5 heteroatoms. The molecule has 3 aromatic rings. The maximum absolute atomic E-state index is 12.4. The minimum atomic E-state index is -1.33. The van der Waals surface area contributed by atoms with E-state index in [1.54, 1.807) is 43.3 Å². The topological polar surface area (TPSA) is 79.6 Å². The van der Waals surface area contributed by atoms with Crippen LogP contribution in [0.3, 0.4) is 0 Å². The average molecular weight is 363 g/mol. The highest BCUT2D eigenvalue weighted by atomic mass is 16.5. The molecule has 0 spiro atoms. The Hall–Kier alpha value is -3.08. The predicted octanol–water partition coefficient (Wildman–Crippen LogP) is 2.85. The molecule has 1 heterocycles. The van der Waals surface area contributed by atoms with Gasteiger partial charge in [0, 0.05) is 16.5 Å². The molecule has 2 aromatic carbocycles. The van der Waals surface area contributed by atoms with Gasteiger partial charge in [-0.3, -0.25) is 0 Å². The molecule has 0 unspecified atom stereocenters. The second-order valence-corrected chi connectivity index (χ2v) is 6.85. The van der Waals surface area contributed by atoms with E-state index in [0.29, 0.717) is 22.5 Å². The zero-order valence-electron chi connectivity index (χ0n) is 15.0. The molecule has 1 aromatic heterocycles. The summed E-state index contributed by atoms with van der Waals surface area (Å²) in [6, 6.07) is 12.2. The molecule has 0 saturated heterocycles. The summed E-state index contributed by atoms with van der Waals surface area (Å²) in [4.78, 5) is 24.0. The van der Waals surface area contributed by atoms with Gasteiger partial charge in [-0.15, -0.1) is 0 Å². The van der Waals surface area contributed by atoms with Crippen LogP contribution in [0, 0.1) is 6.92 Å². The maximum atomic E-state index is 12.4. The first kappa shape index (κ1) is 17.3. The van der Waals surface area contributed by atoms with Gasteiger partial charge in [0.1, 0.15) is 11.3 Å². The highest BCUT2D eigenvalue weighted by molar-refractivity contribution is 5.86. The van der Waals surface area contributed by atoms with Gasteiger partial charge in [0.2, 0.25) is 0 Å². The molecular formula is C22H19O5-. The van der Waals surface area contributed by atoms with Gasteiger partial charge in [0.05, 0.1) is 5.97 Å². The smallest absolute Gasteiger partial charge is 0.339 e. The van der Waals surface area contributed by atoms with Gasteiger partial charge in [-0.2, -0.15) is 0 Å². The van der Waals surface area contributed by atoms with E-state index in [9.17, 15) is 14.7 Å². The molecule has 1 aliphatic rings. The van der Waals surface area contributed by atoms with Gasteiger partial charge in [-0.05, 0) is 55.9 Å². The summed E-state index contributed by atoms with van der Waals surface area (Å²) < 4.78 is 11.3. The Morgan fingerprint density at radius 2 is 1.78 bits per heavy atom. The van der Waals surface area contributed by atoms with Crippen molar-refractivity contribution in [3.8, 4) is 5.75 Å². The van der Waals surface area contributed by atoms with E-state index < -0.39 is 12.1 Å². The Balaban J connectivity index is 1.80. The van der Waals surface area contributed by atoms with Gasteiger partial charge >= 0.3 is 5.63 Å². The number of carbonyl (C=O) groups is 1. The van der Waals surface area contributed by atoms with Crippen molar-refractivity contribution in [1.82, 2.24) is 0 Å². The normalized spacial score (nSPS) is 14.6. The first-order valence-electron chi connectivity index (χ1n) is 9.07. The van der Waals surface area contributed by atoms with Crippen molar-refractivity contribution < 1.29 is 19.1 Å². The highest BCUT2D eigenvalue weighted by Gasteiger charge is 2.22. The molecule has 138 valence electrons. The average Bonchev–Trinajstić information content (AvgIpc) is 2.69. The molecule has 5 nitrogen and oxygen atoms in total. The van der Waals surface area contributed by atoms with Crippen LogP contribution in [0.5, 0.6) is 5.75 Å². The predicted molar refractivity (Wildman–Crippen MR) is 98.7 cm³/mol. The number of hydrogen-bond acceptors (Lipinski definition) is 5. The first-order chi connectivity index (χ1) is 13.1. The maximum Gasteiger partial charge on any atom is 0.339 e. The zero-order valence-corrected chi connectivity index (χ0v) is 15.0. The van der Waals surface area contributed by atoms with Crippen molar-refractivity contribution in [3.63, 3.8) is 0 Å². The zero-order chi connectivity index (χ0) is 19.0. The van der Waals surface area contributed by atoms with Gasteiger partial charge < -0.3 is 19.1 Å². The molecule has 0 fully saturated rings. The first-order valence-corrected chi connectivity index (χ1v) is 9.07. The van der Waals surface area contributed by atoms with E-state index in [0.717, 1.165) is 42.2 Å². The molecule has 0 saturated carbocycles. The number of fused-ring (bicyclic) bond motifs is 3. The molecule has 4 rings (SSSR count). The number of carbonyl (C=O) groups excluding carboxylic acids is 1. The molecule has 0 bridgehead atoms. The fourth-order valence-electron chi connectivity index (χ4n) is 3.76. The molecule has 0 N–H and O–H groups in total. The van der Waals surface area contributed by atoms with Crippen molar-refractivity contribution >= 4 is 16.9 Å². The van der Waals surface area contributed by atoms with Crippen LogP contribution in [0.25, 0.3) is 11.0 Å². The summed E-state index contributed by atoms with van der Waals surface area (Å²) in [7, 11) is 0. The monoisotopic (exact) mass is 363 g/mol. The van der Waals surface area contributed by atoms with Crippen LogP contribution in [0.2, 0.25) is 0 Å². The second kappa shape index (κ2) is 6.91. The number of hydrogen-bond donors (Lipinski definition) is 0. The van der Waals surface area contributed by atoms with E-state index in [4.69, 9.17) is 9.15 Å². The van der Waals surface area contributed by atoms with E-state index in [-0.39, 0.29) is 5.63 Å². The van der Waals surface area contributed by atoms with Crippen LogP contribution in [0.15, 0.2) is 51.7 Å². The van der Waals surface area contributed by atoms with Crippen LogP contribution in [0.4, 0.5) is 0 Å². The van der Waals surface area contributed by atoms with Crippen molar-refractivity contribution in [2.45, 2.75) is 38.7 Å². The number of benzene rings is 2. The molecule has 1 aliphatic carbocycles. The standard InChI is InChI=1S/C22H20O5/c1-13-18(26-20(21(23)24)14-7-3-2-4-8-14)12-11-16-15-9-5-6-10-17(15)22(25)27-19(13)16/h2-4,7-8,11-12,20H,5-6,9-10H2,1H3,(H,23,24)/p-1/t20-/m0/s1. The molecular weight excluding hydrogens is 344 g/mol. The Kier molecular flexibility index (Phi) is 4.44. The Morgan fingerprint density at radius 1 is 1.07 bits per heavy atom. The van der Waals surface area contributed by atoms with Gasteiger partial charge in [0.15, 0.2) is 6.10 Å². The van der Waals surface area contributed by atoms with E-state index in [2.05, 4.69) is 0 Å². The summed E-state index contributed by atoms with van der Waals surface area (Å²) in [5, 5.41) is 12.5. The van der Waals surface area contributed by atoms with Crippen molar-refractivity contribution in [2.24, 2.45) is 0 Å². The lowest BCUT2D eigenvalue weighted by atomic mass is 9.90. The minimum Gasteiger partial charge on any atom is -0.546 e. The van der Waals surface area contributed by atoms with Crippen LogP contribution in [-0.2, 0) is 17.6 Å². The fourth-order valence-corrected chi connectivity index (χ4v) is 3.76. The van der Waals surface area contributed by atoms with Crippen LogP contribution in [-0.4, -0.2) is 5.97 Å². The summed E-state index contributed by atoms with van der Waals surface area (Å²) >= 11 is 0. The quantitative estimate of drug-likeness (QED) is 0.666.